The molecule has 5 nitrogen and oxygen atoms in total. The van der Waals surface area contributed by atoms with E-state index >= 15 is 0 Å². The maximum Gasteiger partial charge on any atom is 0.319 e. The Morgan fingerprint density at radius 1 is 1.08 bits per heavy atom. The molecular weight excluding hydrogens is 314 g/mol. The van der Waals surface area contributed by atoms with E-state index in [1.54, 1.807) is 6.92 Å². The van der Waals surface area contributed by atoms with Crippen molar-refractivity contribution in [3.63, 3.8) is 0 Å². The first kappa shape index (κ1) is 19.4. The van der Waals surface area contributed by atoms with E-state index in [-0.39, 0.29) is 18.0 Å². The van der Waals surface area contributed by atoms with Gasteiger partial charge in [0.1, 0.15) is 6.04 Å². The van der Waals surface area contributed by atoms with Crippen molar-refractivity contribution in [3.05, 3.63) is 35.4 Å². The highest BCUT2D eigenvalue weighted by atomic mass is 16.2. The molecule has 1 fully saturated rings. The van der Waals surface area contributed by atoms with E-state index in [9.17, 15) is 9.59 Å². The van der Waals surface area contributed by atoms with E-state index in [0.717, 1.165) is 0 Å². The second-order valence-electron chi connectivity index (χ2n) is 7.61. The summed E-state index contributed by atoms with van der Waals surface area (Å²) in [6.07, 6.45) is 6.62. The summed E-state index contributed by atoms with van der Waals surface area (Å²) in [4.78, 5) is 22.8. The largest absolute Gasteiger partial charge is 0.351 e. The number of carbonyl (C=O) groups is 2. The van der Waals surface area contributed by atoms with E-state index in [1.807, 2.05) is 5.32 Å². The lowest BCUT2D eigenvalue weighted by atomic mass is 9.83. The predicted molar refractivity (Wildman–Crippen MR) is 99.0 cm³/mol. The van der Waals surface area contributed by atoms with Crippen molar-refractivity contribution in [1.82, 2.24) is 5.32 Å². The smallest absolute Gasteiger partial charge is 0.319 e. The first-order valence-corrected chi connectivity index (χ1v) is 9.43. The number of quaternary nitrogens is 1. The molecule has 1 aliphatic rings. The molecule has 0 radical (unpaired) electrons. The Bertz CT molecular complexity index is 577. The van der Waals surface area contributed by atoms with Gasteiger partial charge >= 0.3 is 6.03 Å². The molecule has 1 aromatic carbocycles. The minimum atomic E-state index is -0.803. The van der Waals surface area contributed by atoms with Gasteiger partial charge in [-0.25, -0.2) is 4.79 Å². The highest BCUT2D eigenvalue weighted by Gasteiger charge is 2.26. The molecule has 0 spiro atoms. The molecule has 3 amide bonds. The summed E-state index contributed by atoms with van der Waals surface area (Å²) in [6, 6.07) is 7.88. The maximum absolute atomic E-state index is 12.0. The molecule has 0 saturated heterocycles. The van der Waals surface area contributed by atoms with Crippen LogP contribution in [0.4, 0.5) is 4.79 Å². The summed E-state index contributed by atoms with van der Waals surface area (Å²) in [5.41, 5.74) is 7.69. The number of nitrogens with two attached hydrogens (primary N) is 2. The molecule has 138 valence electrons. The van der Waals surface area contributed by atoms with Crippen LogP contribution >= 0.6 is 0 Å². The highest BCUT2D eigenvalue weighted by molar-refractivity contribution is 5.95. The molecule has 25 heavy (non-hydrogen) atoms. The third kappa shape index (κ3) is 5.56. The second-order valence-corrected chi connectivity index (χ2v) is 7.61. The summed E-state index contributed by atoms with van der Waals surface area (Å²) >= 11 is 0. The number of primary amides is 1. The summed E-state index contributed by atoms with van der Waals surface area (Å²) < 4.78 is 0. The Kier molecular flexibility index (Phi) is 7.00. The van der Waals surface area contributed by atoms with Gasteiger partial charge in [0.2, 0.25) is 0 Å². The minimum Gasteiger partial charge on any atom is -0.351 e. The first-order valence-electron chi connectivity index (χ1n) is 9.43. The minimum absolute atomic E-state index is 0.161. The van der Waals surface area contributed by atoms with Gasteiger partial charge in [-0.05, 0) is 31.2 Å². The van der Waals surface area contributed by atoms with Crippen molar-refractivity contribution >= 4 is 11.9 Å². The van der Waals surface area contributed by atoms with E-state index in [4.69, 9.17) is 5.73 Å². The lowest BCUT2D eigenvalue weighted by Crippen LogP contribution is -2.93. The molecule has 0 aliphatic heterocycles. The summed E-state index contributed by atoms with van der Waals surface area (Å²) in [7, 11) is 0. The summed E-state index contributed by atoms with van der Waals surface area (Å²) in [5, 5.41) is 4.17. The van der Waals surface area contributed by atoms with Crippen molar-refractivity contribution in [2.24, 2.45) is 11.7 Å². The second kappa shape index (κ2) is 8.99. The van der Waals surface area contributed by atoms with Gasteiger partial charge in [-0.3, -0.25) is 10.1 Å². The molecule has 1 aromatic rings. The number of hydrogen-bond donors (Lipinski definition) is 3. The third-order valence-corrected chi connectivity index (χ3v) is 5.27. The zero-order valence-electron chi connectivity index (χ0n) is 15.6. The standard InChI is InChI=1S/C20H31N3O2/c1-13(2)18(22-14(3)19(24)23-20(21)25)17-11-9-16(10-12-17)15-7-5-4-6-8-15/h9-15,18,22H,4-8H2,1-3H3,(H3,21,23,24,25)/p+1/t14-,18-/m1/s1. The fraction of sp³-hybridized carbons (Fsp3) is 0.600. The average molecular weight is 346 g/mol. The van der Waals surface area contributed by atoms with Gasteiger partial charge in [-0.15, -0.1) is 0 Å². The molecule has 1 saturated carbocycles. The van der Waals surface area contributed by atoms with Gasteiger partial charge in [0.05, 0.1) is 0 Å². The van der Waals surface area contributed by atoms with Gasteiger partial charge < -0.3 is 11.1 Å². The zero-order valence-corrected chi connectivity index (χ0v) is 15.6. The molecule has 0 unspecified atom stereocenters. The normalized spacial score (nSPS) is 17.9. The third-order valence-electron chi connectivity index (χ3n) is 5.27. The van der Waals surface area contributed by atoms with Crippen molar-refractivity contribution in [2.75, 3.05) is 0 Å². The van der Waals surface area contributed by atoms with E-state index in [2.05, 4.69) is 43.4 Å². The quantitative estimate of drug-likeness (QED) is 0.739. The first-order chi connectivity index (χ1) is 11.9. The van der Waals surface area contributed by atoms with Gasteiger partial charge in [-0.2, -0.15) is 0 Å². The molecule has 2 atom stereocenters. The fourth-order valence-corrected chi connectivity index (χ4v) is 3.78. The Hall–Kier alpha value is -1.88. The van der Waals surface area contributed by atoms with Crippen molar-refractivity contribution in [1.29, 1.82) is 0 Å². The summed E-state index contributed by atoms with van der Waals surface area (Å²) in [5.74, 6) is 0.714. The van der Waals surface area contributed by atoms with Crippen molar-refractivity contribution < 1.29 is 14.9 Å². The lowest BCUT2D eigenvalue weighted by Gasteiger charge is -2.25. The Morgan fingerprint density at radius 2 is 1.68 bits per heavy atom. The van der Waals surface area contributed by atoms with Gasteiger partial charge in [0, 0.05) is 11.5 Å². The van der Waals surface area contributed by atoms with Crippen LogP contribution in [0.15, 0.2) is 24.3 Å². The molecule has 5 heteroatoms. The molecule has 5 N–H and O–H groups in total. The monoisotopic (exact) mass is 346 g/mol. The van der Waals surface area contributed by atoms with Crippen LogP contribution in [-0.2, 0) is 4.79 Å². The lowest BCUT2D eigenvalue weighted by molar-refractivity contribution is -0.719. The van der Waals surface area contributed by atoms with Crippen LogP contribution in [0, 0.1) is 5.92 Å². The van der Waals surface area contributed by atoms with Crippen LogP contribution in [-0.4, -0.2) is 18.0 Å². The fourth-order valence-electron chi connectivity index (χ4n) is 3.78. The van der Waals surface area contributed by atoms with E-state index < -0.39 is 6.03 Å². The van der Waals surface area contributed by atoms with E-state index in [1.165, 1.54) is 43.2 Å². The molecule has 0 bridgehead atoms. The Labute approximate surface area is 150 Å². The number of hydrogen-bond acceptors (Lipinski definition) is 2. The number of benzene rings is 1. The van der Waals surface area contributed by atoms with Crippen LogP contribution in [0.25, 0.3) is 0 Å². The summed E-state index contributed by atoms with van der Waals surface area (Å²) in [6.45, 7) is 6.09. The van der Waals surface area contributed by atoms with Gasteiger partial charge in [-0.1, -0.05) is 57.4 Å². The molecule has 2 rings (SSSR count). The topological polar surface area (TPSA) is 88.8 Å². The molecule has 1 aliphatic carbocycles. The molecular formula is C20H32N3O2+. The van der Waals surface area contributed by atoms with Crippen LogP contribution in [0.5, 0.6) is 0 Å². The zero-order chi connectivity index (χ0) is 18.4. The van der Waals surface area contributed by atoms with Crippen LogP contribution in [0.2, 0.25) is 0 Å². The number of imide groups is 1. The van der Waals surface area contributed by atoms with Gasteiger partial charge in [0.25, 0.3) is 5.91 Å². The predicted octanol–water partition coefficient (Wildman–Crippen LogP) is 2.58. The number of nitrogens with one attached hydrogen (secondary N) is 1. The van der Waals surface area contributed by atoms with Crippen LogP contribution in [0.3, 0.4) is 0 Å². The SMILES string of the molecule is CC(C)[C@@H]([NH2+][C@H](C)C(=O)NC(N)=O)c1ccc(C2CCCCC2)cc1. The average Bonchev–Trinajstić information content (AvgIpc) is 2.59. The number of carbonyl (C=O) groups excluding carboxylic acids is 2. The highest BCUT2D eigenvalue weighted by Crippen LogP contribution is 2.33. The van der Waals surface area contributed by atoms with Gasteiger partial charge in [0.15, 0.2) is 6.04 Å². The number of urea groups is 1. The number of amides is 3. The Balaban J connectivity index is 2.06. The maximum atomic E-state index is 12.0. The Morgan fingerprint density at radius 3 is 2.20 bits per heavy atom. The van der Waals surface area contributed by atoms with Crippen molar-refractivity contribution in [3.8, 4) is 0 Å². The number of rotatable bonds is 6. The van der Waals surface area contributed by atoms with E-state index in [0.29, 0.717) is 11.8 Å². The van der Waals surface area contributed by atoms with Crippen LogP contribution in [0.1, 0.15) is 76.0 Å². The van der Waals surface area contributed by atoms with Crippen molar-refractivity contribution in [2.45, 2.75) is 70.9 Å². The van der Waals surface area contributed by atoms with Crippen LogP contribution < -0.4 is 16.4 Å². The molecule has 0 aromatic heterocycles. The molecule has 0 heterocycles.